The van der Waals surface area contributed by atoms with Gasteiger partial charge in [-0.3, -0.25) is 13.6 Å². The van der Waals surface area contributed by atoms with Crippen LogP contribution in [0, 0.1) is 0 Å². The van der Waals surface area contributed by atoms with Crippen LogP contribution in [0.3, 0.4) is 0 Å². The number of aromatic nitrogens is 4. The van der Waals surface area contributed by atoms with Gasteiger partial charge in [-0.05, 0) is 0 Å². The molecular weight excluding hydrogens is 396 g/mol. The largest absolute Gasteiger partial charge is 0.481 e. The van der Waals surface area contributed by atoms with Gasteiger partial charge in [0.05, 0.1) is 12.9 Å². The Morgan fingerprint density at radius 3 is 2.77 bits per heavy atom. The monoisotopic (exact) mass is 409 g/mol. The number of aliphatic hydroxyl groups excluding tert-OH is 1. The second kappa shape index (κ2) is 6.02. The van der Waals surface area contributed by atoms with Gasteiger partial charge in [0.2, 0.25) is 0 Å². The van der Waals surface area contributed by atoms with Crippen molar-refractivity contribution < 1.29 is 42.1 Å². The van der Waals surface area contributed by atoms with Crippen molar-refractivity contribution in [2.24, 2.45) is 0 Å². The molecule has 142 valence electrons. The highest BCUT2D eigenvalue weighted by Gasteiger charge is 2.53. The number of aliphatic hydroxyl groups is 1. The number of rotatable bonds is 1. The minimum absolute atomic E-state index is 0.112. The van der Waals surface area contributed by atoms with Gasteiger partial charge in [-0.2, -0.15) is 4.31 Å². The molecular formula is C10H13N5O9P2. The number of nitrogens with two attached hydrogens (primary N) is 1. The van der Waals surface area contributed by atoms with Crippen molar-refractivity contribution >= 4 is 32.6 Å². The molecule has 0 radical (unpaired) electrons. The smallest absolute Gasteiger partial charge is 0.386 e. The molecule has 6 atom stereocenters. The summed E-state index contributed by atoms with van der Waals surface area (Å²) >= 11 is 0. The Hall–Kier alpha value is -1.47. The van der Waals surface area contributed by atoms with Crippen LogP contribution in [0.5, 0.6) is 0 Å². The molecule has 0 aliphatic carbocycles. The normalized spacial score (nSPS) is 40.9. The average molecular weight is 409 g/mol. The highest BCUT2D eigenvalue weighted by Crippen LogP contribution is 2.63. The van der Waals surface area contributed by atoms with E-state index in [2.05, 4.69) is 23.8 Å². The van der Waals surface area contributed by atoms with E-state index in [1.54, 1.807) is 0 Å². The van der Waals surface area contributed by atoms with Gasteiger partial charge in [-0.1, -0.05) is 0 Å². The Balaban J connectivity index is 1.70. The number of ether oxygens (including phenoxy) is 1. The van der Waals surface area contributed by atoms with E-state index in [9.17, 15) is 24.0 Å². The average Bonchev–Trinajstić information content (AvgIpc) is 3.07. The zero-order valence-electron chi connectivity index (χ0n) is 12.7. The van der Waals surface area contributed by atoms with Crippen LogP contribution in [0.25, 0.3) is 11.2 Å². The number of phosphoric acid groups is 2. The van der Waals surface area contributed by atoms with Crippen molar-refractivity contribution in [1.29, 1.82) is 0 Å². The standard InChI is InChI=1S/C10H13N5O9P2/c11-8-5-9(13-2-12-8)15(3-14-5)10-6(16)7-4(22-10)1-21-25(17,18)24-26(19,20)23-7/h2-4,6-7,10,16H,1H2,(H,17,18)(H,19,20)(H2,11,12,13)/t4-,6-,7-,10-/m1/s1. The van der Waals surface area contributed by atoms with Gasteiger partial charge in [0.15, 0.2) is 17.7 Å². The third-order valence-electron chi connectivity index (χ3n) is 3.83. The summed E-state index contributed by atoms with van der Waals surface area (Å²) in [5, 5.41) is 10.5. The molecule has 16 heteroatoms. The topological polar surface area (TPSA) is 201 Å². The molecule has 0 amide bonds. The highest BCUT2D eigenvalue weighted by molar-refractivity contribution is 7.61. The lowest BCUT2D eigenvalue weighted by atomic mass is 10.1. The van der Waals surface area contributed by atoms with Crippen molar-refractivity contribution in [3.05, 3.63) is 12.7 Å². The van der Waals surface area contributed by atoms with Crippen molar-refractivity contribution in [2.45, 2.75) is 24.5 Å². The van der Waals surface area contributed by atoms with Gasteiger partial charge in [0.25, 0.3) is 0 Å². The zero-order valence-corrected chi connectivity index (χ0v) is 14.5. The Kier molecular flexibility index (Phi) is 4.15. The summed E-state index contributed by atoms with van der Waals surface area (Å²) in [7, 11) is -9.82. The molecule has 14 nitrogen and oxygen atoms in total. The fourth-order valence-electron chi connectivity index (χ4n) is 2.76. The van der Waals surface area contributed by atoms with Crippen molar-refractivity contribution in [1.82, 2.24) is 19.5 Å². The fourth-order valence-corrected chi connectivity index (χ4v) is 5.05. The van der Waals surface area contributed by atoms with Crippen LogP contribution in [0.4, 0.5) is 5.82 Å². The van der Waals surface area contributed by atoms with Gasteiger partial charge in [0, 0.05) is 0 Å². The first-order valence-corrected chi connectivity index (χ1v) is 10.1. The molecule has 2 saturated heterocycles. The van der Waals surface area contributed by atoms with Crippen LogP contribution in [0.2, 0.25) is 0 Å². The summed E-state index contributed by atoms with van der Waals surface area (Å²) in [6.45, 7) is -0.532. The predicted octanol–water partition coefficient (Wildman–Crippen LogP) is -0.700. The third-order valence-corrected chi connectivity index (χ3v) is 6.47. The summed E-state index contributed by atoms with van der Waals surface area (Å²) in [4.78, 5) is 30.8. The van der Waals surface area contributed by atoms with Crippen molar-refractivity contribution in [3.63, 3.8) is 0 Å². The quantitative estimate of drug-likeness (QED) is 0.431. The van der Waals surface area contributed by atoms with Crippen molar-refractivity contribution in [2.75, 3.05) is 12.3 Å². The lowest BCUT2D eigenvalue weighted by Gasteiger charge is -2.27. The minimum atomic E-state index is -4.99. The van der Waals surface area contributed by atoms with E-state index in [4.69, 9.17) is 15.0 Å². The maximum Gasteiger partial charge on any atom is 0.481 e. The summed E-state index contributed by atoms with van der Waals surface area (Å²) in [6, 6.07) is 0. The van der Waals surface area contributed by atoms with Gasteiger partial charge in [-0.25, -0.2) is 24.1 Å². The summed E-state index contributed by atoms with van der Waals surface area (Å²) in [6.07, 6.45) is -2.67. The maximum absolute atomic E-state index is 11.8. The number of imidazole rings is 1. The molecule has 2 aromatic heterocycles. The van der Waals surface area contributed by atoms with Crippen LogP contribution < -0.4 is 5.73 Å². The lowest BCUT2D eigenvalue weighted by molar-refractivity contribution is -0.0531. The molecule has 4 heterocycles. The molecule has 4 rings (SSSR count). The summed E-state index contributed by atoms with van der Waals surface area (Å²) in [5.41, 5.74) is 6.21. The zero-order chi connectivity index (χ0) is 18.7. The summed E-state index contributed by atoms with van der Waals surface area (Å²) < 4.78 is 43.8. The number of nitrogen functional groups attached to an aromatic ring is 1. The highest BCUT2D eigenvalue weighted by atomic mass is 31.3. The molecule has 2 fully saturated rings. The predicted molar refractivity (Wildman–Crippen MR) is 81.2 cm³/mol. The van der Waals surface area contributed by atoms with Gasteiger partial charge >= 0.3 is 15.6 Å². The van der Waals surface area contributed by atoms with Crippen LogP contribution in [0.15, 0.2) is 12.7 Å². The Morgan fingerprint density at radius 1 is 1.23 bits per heavy atom. The van der Waals surface area contributed by atoms with E-state index in [0.29, 0.717) is 0 Å². The van der Waals surface area contributed by atoms with E-state index >= 15 is 0 Å². The molecule has 2 aliphatic heterocycles. The molecule has 26 heavy (non-hydrogen) atoms. The van der Waals surface area contributed by atoms with E-state index in [-0.39, 0.29) is 17.0 Å². The Bertz CT molecular complexity index is 952. The number of phosphoric ester groups is 2. The lowest BCUT2D eigenvalue weighted by Crippen LogP contribution is -2.37. The van der Waals surface area contributed by atoms with E-state index in [1.807, 2.05) is 0 Å². The molecule has 5 N–H and O–H groups in total. The molecule has 0 aromatic carbocycles. The van der Waals surface area contributed by atoms with Gasteiger partial charge < -0.3 is 25.4 Å². The molecule has 2 unspecified atom stereocenters. The number of nitrogens with zero attached hydrogens (tertiary/aromatic N) is 4. The van der Waals surface area contributed by atoms with E-state index < -0.39 is 46.8 Å². The fraction of sp³-hybridized carbons (Fsp3) is 0.500. The molecule has 2 aromatic rings. The Labute approximate surface area is 144 Å². The van der Waals surface area contributed by atoms with Crippen molar-refractivity contribution in [3.8, 4) is 0 Å². The molecule has 0 bridgehead atoms. The number of hydrogen-bond acceptors (Lipinski definition) is 11. The number of hydrogen-bond donors (Lipinski definition) is 4. The molecule has 0 spiro atoms. The molecule has 0 saturated carbocycles. The van der Waals surface area contributed by atoms with Crippen LogP contribution in [-0.4, -0.2) is 59.3 Å². The first-order chi connectivity index (χ1) is 12.2. The first-order valence-electron chi connectivity index (χ1n) is 7.13. The minimum Gasteiger partial charge on any atom is -0.386 e. The number of fused-ring (bicyclic) bond motifs is 2. The van der Waals surface area contributed by atoms with E-state index in [0.717, 1.165) is 0 Å². The number of anilines is 1. The molecule has 2 aliphatic rings. The maximum atomic E-state index is 11.8. The third kappa shape index (κ3) is 3.05. The second-order valence-corrected chi connectivity index (χ2v) is 8.52. The van der Waals surface area contributed by atoms with E-state index in [1.165, 1.54) is 17.2 Å². The van der Waals surface area contributed by atoms with Gasteiger partial charge in [0.1, 0.15) is 30.2 Å². The van der Waals surface area contributed by atoms with Crippen LogP contribution in [-0.2, 0) is 27.2 Å². The first kappa shape index (κ1) is 17.9. The SMILES string of the molecule is Nc1ncnc2c1ncn2[C@@H]1O[C@@H]2COP(=O)(O)OP(=O)(O)O[C@H]2[C@H]1O. The second-order valence-electron chi connectivity index (χ2n) is 5.52. The van der Waals surface area contributed by atoms with Crippen LogP contribution in [0.1, 0.15) is 6.23 Å². The van der Waals surface area contributed by atoms with Gasteiger partial charge in [-0.15, -0.1) is 0 Å². The Morgan fingerprint density at radius 2 is 2.00 bits per heavy atom. The van der Waals surface area contributed by atoms with Crippen LogP contribution >= 0.6 is 15.6 Å². The summed E-state index contributed by atoms with van der Waals surface area (Å²) in [5.74, 6) is 0.112.